The van der Waals surface area contributed by atoms with Crippen LogP contribution < -0.4 is 11.3 Å². The second kappa shape index (κ2) is 8.02. The molecule has 102 valence electrons. The Morgan fingerprint density at radius 2 is 2.28 bits per heavy atom. The Labute approximate surface area is 109 Å². The van der Waals surface area contributed by atoms with Gasteiger partial charge in [0.2, 0.25) is 0 Å². The number of hydrogen-bond acceptors (Lipinski definition) is 5. The van der Waals surface area contributed by atoms with Crippen molar-refractivity contribution in [1.82, 2.24) is 9.88 Å². The SMILES string of the molecule is COCCN(Cc1ccnc(NN)c1)CC(C)C. The number of nitrogen functional groups attached to an aromatic ring is 1. The van der Waals surface area contributed by atoms with Gasteiger partial charge in [-0.3, -0.25) is 4.90 Å². The first-order chi connectivity index (χ1) is 8.65. The Kier molecular flexibility index (Phi) is 6.64. The average Bonchev–Trinajstić information content (AvgIpc) is 2.35. The van der Waals surface area contributed by atoms with Crippen LogP contribution in [0.5, 0.6) is 0 Å². The van der Waals surface area contributed by atoms with E-state index in [1.807, 2.05) is 12.1 Å². The molecule has 0 atom stereocenters. The van der Waals surface area contributed by atoms with Gasteiger partial charge in [0.05, 0.1) is 6.61 Å². The van der Waals surface area contributed by atoms with Gasteiger partial charge in [-0.15, -0.1) is 0 Å². The fraction of sp³-hybridized carbons (Fsp3) is 0.615. The van der Waals surface area contributed by atoms with Crippen molar-refractivity contribution in [3.63, 3.8) is 0 Å². The largest absolute Gasteiger partial charge is 0.383 e. The summed E-state index contributed by atoms with van der Waals surface area (Å²) >= 11 is 0. The monoisotopic (exact) mass is 252 g/mol. The van der Waals surface area contributed by atoms with Gasteiger partial charge in [0.25, 0.3) is 0 Å². The third-order valence-corrected chi connectivity index (χ3v) is 2.61. The smallest absolute Gasteiger partial charge is 0.140 e. The van der Waals surface area contributed by atoms with Crippen LogP contribution in [0, 0.1) is 5.92 Å². The van der Waals surface area contributed by atoms with E-state index in [1.165, 1.54) is 5.56 Å². The number of nitrogens with two attached hydrogens (primary N) is 1. The van der Waals surface area contributed by atoms with Crippen LogP contribution in [0.25, 0.3) is 0 Å². The van der Waals surface area contributed by atoms with Crippen LogP contribution in [0.1, 0.15) is 19.4 Å². The van der Waals surface area contributed by atoms with Gasteiger partial charge in [-0.1, -0.05) is 13.8 Å². The molecule has 1 heterocycles. The van der Waals surface area contributed by atoms with Crippen LogP contribution in [0.15, 0.2) is 18.3 Å². The lowest BCUT2D eigenvalue weighted by Crippen LogP contribution is -2.30. The van der Waals surface area contributed by atoms with Gasteiger partial charge in [0.15, 0.2) is 0 Å². The molecule has 0 saturated heterocycles. The van der Waals surface area contributed by atoms with Gasteiger partial charge in [-0.2, -0.15) is 0 Å². The lowest BCUT2D eigenvalue weighted by molar-refractivity contribution is 0.136. The lowest BCUT2D eigenvalue weighted by Gasteiger charge is -2.24. The van der Waals surface area contributed by atoms with E-state index in [1.54, 1.807) is 13.3 Å². The topological polar surface area (TPSA) is 63.4 Å². The number of ether oxygens (including phenoxy) is 1. The highest BCUT2D eigenvalue weighted by Gasteiger charge is 2.08. The van der Waals surface area contributed by atoms with Crippen molar-refractivity contribution < 1.29 is 4.74 Å². The van der Waals surface area contributed by atoms with Crippen LogP contribution >= 0.6 is 0 Å². The molecule has 0 unspecified atom stereocenters. The highest BCUT2D eigenvalue weighted by Crippen LogP contribution is 2.10. The van der Waals surface area contributed by atoms with Gasteiger partial charge >= 0.3 is 0 Å². The Hall–Kier alpha value is -1.17. The summed E-state index contributed by atoms with van der Waals surface area (Å²) in [4.78, 5) is 6.49. The van der Waals surface area contributed by atoms with Crippen molar-refractivity contribution >= 4 is 5.82 Å². The third-order valence-electron chi connectivity index (χ3n) is 2.61. The van der Waals surface area contributed by atoms with Crippen molar-refractivity contribution in [2.45, 2.75) is 20.4 Å². The summed E-state index contributed by atoms with van der Waals surface area (Å²) in [6, 6.07) is 3.99. The summed E-state index contributed by atoms with van der Waals surface area (Å²) in [5.74, 6) is 6.70. The van der Waals surface area contributed by atoms with E-state index >= 15 is 0 Å². The third kappa shape index (κ3) is 5.44. The minimum Gasteiger partial charge on any atom is -0.383 e. The Morgan fingerprint density at radius 3 is 2.89 bits per heavy atom. The molecule has 1 aromatic rings. The summed E-state index contributed by atoms with van der Waals surface area (Å²) in [6.45, 7) is 8.07. The van der Waals surface area contributed by atoms with Crippen molar-refractivity contribution in [3.8, 4) is 0 Å². The number of rotatable bonds is 8. The van der Waals surface area contributed by atoms with E-state index < -0.39 is 0 Å². The molecule has 0 radical (unpaired) electrons. The van der Waals surface area contributed by atoms with E-state index in [0.29, 0.717) is 11.7 Å². The molecule has 1 rings (SSSR count). The minimum atomic E-state index is 0.635. The number of hydrazine groups is 1. The van der Waals surface area contributed by atoms with E-state index in [9.17, 15) is 0 Å². The number of hydrogen-bond donors (Lipinski definition) is 2. The second-order valence-electron chi connectivity index (χ2n) is 4.82. The summed E-state index contributed by atoms with van der Waals surface area (Å²) < 4.78 is 5.15. The van der Waals surface area contributed by atoms with Crippen LogP contribution in [0.4, 0.5) is 5.82 Å². The van der Waals surface area contributed by atoms with Crippen LogP contribution in [-0.4, -0.2) is 36.7 Å². The molecule has 5 nitrogen and oxygen atoms in total. The zero-order valence-electron chi connectivity index (χ0n) is 11.5. The number of anilines is 1. The summed E-state index contributed by atoms with van der Waals surface area (Å²) in [6.07, 6.45) is 1.77. The van der Waals surface area contributed by atoms with Crippen LogP contribution in [-0.2, 0) is 11.3 Å². The van der Waals surface area contributed by atoms with Crippen molar-refractivity contribution in [3.05, 3.63) is 23.9 Å². The van der Waals surface area contributed by atoms with Gasteiger partial charge < -0.3 is 10.2 Å². The first-order valence-electron chi connectivity index (χ1n) is 6.28. The fourth-order valence-corrected chi connectivity index (χ4v) is 1.88. The first-order valence-corrected chi connectivity index (χ1v) is 6.28. The van der Waals surface area contributed by atoms with Gasteiger partial charge in [-0.25, -0.2) is 10.8 Å². The normalized spacial score (nSPS) is 11.2. The first kappa shape index (κ1) is 14.9. The molecule has 0 bridgehead atoms. The van der Waals surface area contributed by atoms with E-state index in [4.69, 9.17) is 10.6 Å². The van der Waals surface area contributed by atoms with Crippen LogP contribution in [0.3, 0.4) is 0 Å². The van der Waals surface area contributed by atoms with Gasteiger partial charge in [0.1, 0.15) is 5.82 Å². The minimum absolute atomic E-state index is 0.635. The number of nitrogens with one attached hydrogen (secondary N) is 1. The van der Waals surface area contributed by atoms with E-state index in [0.717, 1.165) is 26.2 Å². The zero-order chi connectivity index (χ0) is 13.4. The molecule has 18 heavy (non-hydrogen) atoms. The number of nitrogens with zero attached hydrogens (tertiary/aromatic N) is 2. The van der Waals surface area contributed by atoms with Crippen molar-refractivity contribution in [1.29, 1.82) is 0 Å². The molecular formula is C13H24N4O. The maximum Gasteiger partial charge on any atom is 0.140 e. The highest BCUT2D eigenvalue weighted by atomic mass is 16.5. The zero-order valence-corrected chi connectivity index (χ0v) is 11.5. The average molecular weight is 252 g/mol. The molecule has 0 fully saturated rings. The molecule has 0 aromatic carbocycles. The van der Waals surface area contributed by atoms with Gasteiger partial charge in [-0.05, 0) is 23.6 Å². The number of aromatic nitrogens is 1. The highest BCUT2D eigenvalue weighted by molar-refractivity contribution is 5.35. The Balaban J connectivity index is 2.62. The standard InChI is InChI=1S/C13H24N4O/c1-11(2)9-17(6-7-18-3)10-12-4-5-15-13(8-12)16-14/h4-5,8,11H,6-7,9-10,14H2,1-3H3,(H,15,16). The maximum atomic E-state index is 5.36. The second-order valence-corrected chi connectivity index (χ2v) is 4.82. The van der Waals surface area contributed by atoms with Crippen molar-refractivity contribution in [2.24, 2.45) is 11.8 Å². The molecule has 0 aliphatic heterocycles. The summed E-state index contributed by atoms with van der Waals surface area (Å²) in [5.41, 5.74) is 3.77. The molecule has 3 N–H and O–H groups in total. The summed E-state index contributed by atoms with van der Waals surface area (Å²) in [5, 5.41) is 0. The molecule has 0 saturated carbocycles. The predicted octanol–water partition coefficient (Wildman–Crippen LogP) is 1.47. The Morgan fingerprint density at radius 1 is 1.50 bits per heavy atom. The molecular weight excluding hydrogens is 228 g/mol. The molecule has 0 aliphatic rings. The van der Waals surface area contributed by atoms with Crippen LogP contribution in [0.2, 0.25) is 0 Å². The lowest BCUT2D eigenvalue weighted by atomic mass is 10.2. The van der Waals surface area contributed by atoms with Gasteiger partial charge in [0, 0.05) is 32.9 Å². The molecule has 1 aromatic heterocycles. The van der Waals surface area contributed by atoms with E-state index in [-0.39, 0.29) is 0 Å². The number of pyridine rings is 1. The summed E-state index contributed by atoms with van der Waals surface area (Å²) in [7, 11) is 1.73. The number of methoxy groups -OCH3 is 1. The molecule has 0 amide bonds. The fourth-order valence-electron chi connectivity index (χ4n) is 1.88. The van der Waals surface area contributed by atoms with Crippen molar-refractivity contribution in [2.75, 3.05) is 32.2 Å². The predicted molar refractivity (Wildman–Crippen MR) is 74.0 cm³/mol. The molecule has 0 spiro atoms. The van der Waals surface area contributed by atoms with E-state index in [2.05, 4.69) is 29.2 Å². The quantitative estimate of drug-likeness (QED) is 0.542. The molecule has 0 aliphatic carbocycles. The Bertz CT molecular complexity index is 344. The maximum absolute atomic E-state index is 5.36. The molecule has 5 heteroatoms.